The molecule has 23 heavy (non-hydrogen) atoms. The van der Waals surface area contributed by atoms with E-state index in [1.807, 2.05) is 12.1 Å². The van der Waals surface area contributed by atoms with Gasteiger partial charge in [0.2, 0.25) is 0 Å². The van der Waals surface area contributed by atoms with E-state index in [1.165, 1.54) is 11.8 Å². The molecule has 1 aliphatic rings. The van der Waals surface area contributed by atoms with Gasteiger partial charge < -0.3 is 4.42 Å². The first-order valence-electron chi connectivity index (χ1n) is 6.73. The van der Waals surface area contributed by atoms with E-state index in [0.29, 0.717) is 44.5 Å². The first-order valence-corrected chi connectivity index (χ1v) is 9.26. The van der Waals surface area contributed by atoms with E-state index in [4.69, 9.17) is 27.6 Å². The fourth-order valence-corrected chi connectivity index (χ4v) is 3.69. The van der Waals surface area contributed by atoms with Gasteiger partial charge in [0, 0.05) is 12.3 Å². The van der Waals surface area contributed by atoms with Gasteiger partial charge in [-0.25, -0.2) is 0 Å². The molecule has 2 aromatic rings. The Kier molecular flexibility index (Phi) is 5.36. The quantitative estimate of drug-likeness (QED) is 0.676. The number of amidine groups is 1. The highest BCUT2D eigenvalue weighted by atomic mass is 79.9. The van der Waals surface area contributed by atoms with Crippen molar-refractivity contribution in [3.63, 3.8) is 0 Å². The molecule has 120 valence electrons. The number of carbonyl (C=O) groups excluding carboxylic acids is 1. The second-order valence-electron chi connectivity index (χ2n) is 4.76. The van der Waals surface area contributed by atoms with Gasteiger partial charge in [-0.15, -0.1) is 0 Å². The van der Waals surface area contributed by atoms with Crippen LogP contribution in [0.25, 0.3) is 0 Å². The minimum absolute atomic E-state index is 0.186. The molecule has 2 heterocycles. The van der Waals surface area contributed by atoms with Crippen molar-refractivity contribution in [1.82, 2.24) is 4.90 Å². The molecule has 0 saturated carbocycles. The Labute approximate surface area is 156 Å². The van der Waals surface area contributed by atoms with E-state index in [1.54, 1.807) is 23.1 Å². The predicted molar refractivity (Wildman–Crippen MR) is 97.5 cm³/mol. The number of carbonyl (C=O) groups is 1. The number of hydrogen-bond acceptors (Lipinski definition) is 4. The third-order valence-electron chi connectivity index (χ3n) is 3.18. The van der Waals surface area contributed by atoms with Gasteiger partial charge in [-0.1, -0.05) is 41.0 Å². The molecule has 0 atom stereocenters. The molecule has 1 aromatic carbocycles. The number of thioether (sulfide) groups is 1. The standard InChI is InChI=1S/C15H11BrCl2N2O2S/c16-13-4-3-12(22-13)14(21)20-6-5-19-15(20)23-8-9-1-2-10(17)11(18)7-9/h1-4,7H,5-6,8H2. The molecule has 0 N–H and O–H groups in total. The minimum atomic E-state index is -0.186. The summed E-state index contributed by atoms with van der Waals surface area (Å²) in [6.45, 7) is 1.15. The summed E-state index contributed by atoms with van der Waals surface area (Å²) < 4.78 is 5.86. The van der Waals surface area contributed by atoms with Crippen molar-refractivity contribution in [2.75, 3.05) is 13.1 Å². The molecule has 4 nitrogen and oxygen atoms in total. The van der Waals surface area contributed by atoms with Gasteiger partial charge in [0.05, 0.1) is 16.6 Å². The lowest BCUT2D eigenvalue weighted by Gasteiger charge is -2.16. The number of furan rings is 1. The Morgan fingerprint density at radius 1 is 1.30 bits per heavy atom. The van der Waals surface area contributed by atoms with Crippen LogP contribution in [0.5, 0.6) is 0 Å². The van der Waals surface area contributed by atoms with Crippen LogP contribution in [0.4, 0.5) is 0 Å². The Morgan fingerprint density at radius 2 is 2.13 bits per heavy atom. The van der Waals surface area contributed by atoms with E-state index in [9.17, 15) is 4.79 Å². The molecule has 0 radical (unpaired) electrons. The van der Waals surface area contributed by atoms with Gasteiger partial charge in [-0.05, 0) is 45.8 Å². The highest BCUT2D eigenvalue weighted by Crippen LogP contribution is 2.27. The predicted octanol–water partition coefficient (Wildman–Crippen LogP) is 5.09. The number of amides is 1. The summed E-state index contributed by atoms with van der Waals surface area (Å²) >= 11 is 16.6. The fraction of sp³-hybridized carbons (Fsp3) is 0.200. The lowest BCUT2D eigenvalue weighted by atomic mass is 10.2. The van der Waals surface area contributed by atoms with Gasteiger partial charge in [0.15, 0.2) is 15.6 Å². The van der Waals surface area contributed by atoms with Crippen LogP contribution in [-0.4, -0.2) is 29.1 Å². The van der Waals surface area contributed by atoms with Crippen LogP contribution in [0.1, 0.15) is 16.1 Å². The maximum Gasteiger partial charge on any atom is 0.295 e. The summed E-state index contributed by atoms with van der Waals surface area (Å²) in [6.07, 6.45) is 0. The molecule has 0 spiro atoms. The zero-order chi connectivity index (χ0) is 16.4. The van der Waals surface area contributed by atoms with Crippen molar-refractivity contribution in [1.29, 1.82) is 0 Å². The number of nitrogens with zero attached hydrogens (tertiary/aromatic N) is 2. The molecule has 0 saturated heterocycles. The van der Waals surface area contributed by atoms with Crippen LogP contribution in [0.15, 0.2) is 44.4 Å². The molecule has 0 unspecified atom stereocenters. The smallest absolute Gasteiger partial charge is 0.295 e. The summed E-state index contributed by atoms with van der Waals surface area (Å²) in [7, 11) is 0. The fourth-order valence-electron chi connectivity index (χ4n) is 2.08. The number of hydrogen-bond donors (Lipinski definition) is 0. The topological polar surface area (TPSA) is 45.8 Å². The van der Waals surface area contributed by atoms with Gasteiger partial charge in [-0.2, -0.15) is 0 Å². The zero-order valence-corrected chi connectivity index (χ0v) is 15.7. The number of halogens is 3. The average Bonchev–Trinajstić information content (AvgIpc) is 3.16. The average molecular weight is 434 g/mol. The van der Waals surface area contributed by atoms with Crippen LogP contribution < -0.4 is 0 Å². The van der Waals surface area contributed by atoms with Crippen LogP contribution >= 0.6 is 50.9 Å². The van der Waals surface area contributed by atoms with Crippen molar-refractivity contribution in [2.45, 2.75) is 5.75 Å². The zero-order valence-electron chi connectivity index (χ0n) is 11.8. The Hall–Kier alpha value is -0.950. The van der Waals surface area contributed by atoms with Crippen LogP contribution in [0.3, 0.4) is 0 Å². The highest BCUT2D eigenvalue weighted by Gasteiger charge is 2.27. The van der Waals surface area contributed by atoms with E-state index in [-0.39, 0.29) is 5.91 Å². The van der Waals surface area contributed by atoms with Crippen LogP contribution in [0, 0.1) is 0 Å². The molecule has 1 aliphatic heterocycles. The molecule has 1 amide bonds. The third-order valence-corrected chi connectivity index (χ3v) is 5.43. The molecular formula is C15H11BrCl2N2O2S. The lowest BCUT2D eigenvalue weighted by molar-refractivity contribution is 0.0829. The largest absolute Gasteiger partial charge is 0.444 e. The van der Waals surface area contributed by atoms with Crippen molar-refractivity contribution < 1.29 is 9.21 Å². The first-order chi connectivity index (χ1) is 11.0. The molecule has 0 bridgehead atoms. The Morgan fingerprint density at radius 3 is 2.83 bits per heavy atom. The maximum atomic E-state index is 12.5. The van der Waals surface area contributed by atoms with Gasteiger partial charge in [0.25, 0.3) is 5.91 Å². The monoisotopic (exact) mass is 432 g/mol. The number of benzene rings is 1. The molecular weight excluding hydrogens is 423 g/mol. The van der Waals surface area contributed by atoms with Crippen molar-refractivity contribution in [2.24, 2.45) is 4.99 Å². The summed E-state index contributed by atoms with van der Waals surface area (Å²) in [4.78, 5) is 18.5. The first kappa shape index (κ1) is 16.9. The molecule has 3 rings (SSSR count). The van der Waals surface area contributed by atoms with Gasteiger partial charge in [0.1, 0.15) is 0 Å². The van der Waals surface area contributed by atoms with Crippen LogP contribution in [0.2, 0.25) is 10.0 Å². The Balaban J connectivity index is 1.67. The molecule has 0 fully saturated rings. The van der Waals surface area contributed by atoms with Crippen molar-refractivity contribution in [3.8, 4) is 0 Å². The lowest BCUT2D eigenvalue weighted by Crippen LogP contribution is -2.32. The van der Waals surface area contributed by atoms with Crippen molar-refractivity contribution >= 4 is 62.0 Å². The number of aliphatic imine (C=N–C) groups is 1. The van der Waals surface area contributed by atoms with Crippen LogP contribution in [-0.2, 0) is 5.75 Å². The highest BCUT2D eigenvalue weighted by molar-refractivity contribution is 9.10. The maximum absolute atomic E-state index is 12.5. The van der Waals surface area contributed by atoms with Crippen molar-refractivity contribution in [3.05, 3.63) is 56.4 Å². The summed E-state index contributed by atoms with van der Waals surface area (Å²) in [5.41, 5.74) is 1.02. The van der Waals surface area contributed by atoms with E-state index >= 15 is 0 Å². The summed E-state index contributed by atoms with van der Waals surface area (Å²) in [5, 5.41) is 1.74. The number of rotatable bonds is 3. The second-order valence-corrected chi connectivity index (χ2v) is 7.30. The van der Waals surface area contributed by atoms with E-state index < -0.39 is 0 Å². The normalized spacial score (nSPS) is 14.2. The second kappa shape index (κ2) is 7.30. The van der Waals surface area contributed by atoms with Gasteiger partial charge >= 0.3 is 0 Å². The summed E-state index contributed by atoms with van der Waals surface area (Å²) in [5.74, 6) is 0.761. The minimum Gasteiger partial charge on any atom is -0.444 e. The molecule has 1 aromatic heterocycles. The third kappa shape index (κ3) is 3.94. The van der Waals surface area contributed by atoms with E-state index in [2.05, 4.69) is 20.9 Å². The van der Waals surface area contributed by atoms with E-state index in [0.717, 1.165) is 5.56 Å². The summed E-state index contributed by atoms with van der Waals surface area (Å²) in [6, 6.07) is 8.84. The van der Waals surface area contributed by atoms with Gasteiger partial charge in [-0.3, -0.25) is 14.7 Å². The molecule has 8 heteroatoms. The molecule has 0 aliphatic carbocycles. The SMILES string of the molecule is O=C(c1ccc(Br)o1)N1CCN=C1SCc1ccc(Cl)c(Cl)c1. The Bertz CT molecular complexity index is 779.